The predicted molar refractivity (Wildman–Crippen MR) is 210 cm³/mol. The molecule has 60 heavy (non-hydrogen) atoms. The molecule has 348 valence electrons. The number of methoxy groups -OCH3 is 1. The zero-order chi connectivity index (χ0) is 44.3. The Morgan fingerprint density at radius 3 is 2.25 bits per heavy atom. The molecule has 0 aromatic carbocycles. The van der Waals surface area contributed by atoms with Gasteiger partial charge in [-0.25, -0.2) is 4.18 Å². The van der Waals surface area contributed by atoms with Gasteiger partial charge in [0.1, 0.15) is 48.8 Å². The molecule has 2 aliphatic heterocycles. The number of aliphatic hydroxyl groups excluding tert-OH is 8. The Morgan fingerprint density at radius 2 is 1.62 bits per heavy atom. The lowest BCUT2D eigenvalue weighted by molar-refractivity contribution is -0.285. The molecule has 5 fully saturated rings. The molecule has 4 aliphatic carbocycles. The van der Waals surface area contributed by atoms with E-state index in [1.54, 1.807) is 0 Å². The third kappa shape index (κ3) is 9.01. The highest BCUT2D eigenvalue weighted by molar-refractivity contribution is 7.80. The first-order valence-corrected chi connectivity index (χ1v) is 22.9. The minimum absolute atomic E-state index is 0.0983. The Hall–Kier alpha value is -0.950. The van der Waals surface area contributed by atoms with E-state index in [0.29, 0.717) is 50.5 Å². The van der Waals surface area contributed by atoms with Gasteiger partial charge in [-0.2, -0.15) is 8.42 Å². The molecule has 0 amide bonds. The maximum absolute atomic E-state index is 13.0. The second kappa shape index (κ2) is 18.5. The Bertz CT molecular complexity index is 1600. The number of ether oxygens (including phenoxy) is 5. The molecule has 18 nitrogen and oxygen atoms in total. The van der Waals surface area contributed by atoms with Crippen LogP contribution in [0.4, 0.5) is 0 Å². The fourth-order valence-electron chi connectivity index (χ4n) is 12.6. The van der Waals surface area contributed by atoms with Gasteiger partial charge in [0, 0.05) is 19.4 Å². The van der Waals surface area contributed by atoms with Crippen molar-refractivity contribution in [3.63, 3.8) is 0 Å². The largest absolute Gasteiger partial charge is 0.397 e. The molecule has 21 atom stereocenters. The number of hydrogen-bond donors (Lipinski definition) is 10. The van der Waals surface area contributed by atoms with Gasteiger partial charge < -0.3 is 69.6 Å². The minimum atomic E-state index is -5.09. The summed E-state index contributed by atoms with van der Waals surface area (Å²) in [5.41, 5.74) is -2.69. The van der Waals surface area contributed by atoms with Gasteiger partial charge >= 0.3 is 10.4 Å². The van der Waals surface area contributed by atoms with Crippen molar-refractivity contribution < 1.29 is 86.8 Å². The Balaban J connectivity index is 1.18. The molecule has 3 saturated carbocycles. The van der Waals surface area contributed by atoms with Gasteiger partial charge in [0.05, 0.1) is 43.7 Å². The summed E-state index contributed by atoms with van der Waals surface area (Å²) in [6.07, 6.45) is -10.1. The van der Waals surface area contributed by atoms with Gasteiger partial charge in [-0.15, -0.1) is 0 Å². The van der Waals surface area contributed by atoms with Crippen LogP contribution in [-0.4, -0.2) is 171 Å². The van der Waals surface area contributed by atoms with Crippen LogP contribution < -0.4 is 0 Å². The van der Waals surface area contributed by atoms with Crippen molar-refractivity contribution in [2.24, 2.45) is 46.3 Å². The standard InChI is InChI=1S/C41H70O18S/c1-19(2)21(11-14-55-37-32(49)31(48)33(58-37)25(44)17-42)8-7-20(3)28-30(47)34(59-60(51,52)53)36-40(28,5)13-10-27-39(4)12-9-22(15-23(39)24(43)16-41(27,36)50)57-38-35(54-6)29(46)26(45)18-56-38/h15,19-22,24-38,42-50H,7-14,16-18H2,1-6H3,(H,51,52,53)/t20-,21-,22+,24-,25-,26-,27-,28+,29+,30-,31-,32-,33+,34+,35-,36-,37-,38+,39+,40-,41+/m1/s1. The van der Waals surface area contributed by atoms with Gasteiger partial charge in [-0.05, 0) is 84.5 Å². The predicted octanol–water partition coefficient (Wildman–Crippen LogP) is -0.207. The summed E-state index contributed by atoms with van der Waals surface area (Å²) in [6, 6.07) is 0. The maximum atomic E-state index is 13.0. The second-order valence-corrected chi connectivity index (χ2v) is 20.5. The SMILES string of the molecule is CO[C@H]1[C@H](O[C@@H]2C=C3[C@H](O)C[C@@]4(O)[C@@H]5[C@@H](OS(=O)(=O)O)[C@H](O)[C@H]([C@H](C)CC[C@H](CCO[C@@H]6O[C@@H]([C@H](O)CO)[C@H](O)[C@H]6O)C(C)C)[C@@]5(C)CC[C@@H]4[C@@]3(C)CC2)OC[C@@H](O)[C@@H]1O. The lowest BCUT2D eigenvalue weighted by Crippen LogP contribution is -2.66. The van der Waals surface area contributed by atoms with E-state index in [0.717, 1.165) is 0 Å². The van der Waals surface area contributed by atoms with E-state index in [-0.39, 0.29) is 37.4 Å². The van der Waals surface area contributed by atoms with Crippen LogP contribution in [0.1, 0.15) is 86.0 Å². The summed E-state index contributed by atoms with van der Waals surface area (Å²) >= 11 is 0. The minimum Gasteiger partial charge on any atom is -0.394 e. The first-order valence-electron chi connectivity index (χ1n) is 21.6. The van der Waals surface area contributed by atoms with Crippen molar-refractivity contribution in [1.29, 1.82) is 0 Å². The summed E-state index contributed by atoms with van der Waals surface area (Å²) in [7, 11) is -3.71. The van der Waals surface area contributed by atoms with Gasteiger partial charge in [0.15, 0.2) is 12.6 Å². The van der Waals surface area contributed by atoms with Crippen molar-refractivity contribution >= 4 is 10.4 Å². The van der Waals surface area contributed by atoms with E-state index < -0.39 is 131 Å². The Kier molecular flexibility index (Phi) is 15.0. The van der Waals surface area contributed by atoms with Crippen LogP contribution in [0.25, 0.3) is 0 Å². The molecule has 2 saturated heterocycles. The quantitative estimate of drug-likeness (QED) is 0.0709. The molecule has 6 rings (SSSR count). The van der Waals surface area contributed by atoms with Crippen molar-refractivity contribution in [3.05, 3.63) is 11.6 Å². The molecular weight excluding hydrogens is 812 g/mol. The second-order valence-electron chi connectivity index (χ2n) is 19.4. The normalized spacial score (nSPS) is 47.3. The molecule has 0 spiro atoms. The molecule has 0 aromatic rings. The first kappa shape index (κ1) is 48.5. The average Bonchev–Trinajstić information content (AvgIpc) is 3.57. The monoisotopic (exact) mass is 882 g/mol. The van der Waals surface area contributed by atoms with E-state index in [4.69, 9.17) is 27.9 Å². The van der Waals surface area contributed by atoms with Crippen LogP contribution in [0.2, 0.25) is 0 Å². The molecule has 0 aromatic heterocycles. The molecule has 0 bridgehead atoms. The van der Waals surface area contributed by atoms with Gasteiger partial charge in [0.25, 0.3) is 0 Å². The molecule has 6 aliphatic rings. The number of fused-ring (bicyclic) bond motifs is 5. The number of aliphatic hydroxyl groups is 9. The Morgan fingerprint density at radius 1 is 0.917 bits per heavy atom. The molecule has 0 unspecified atom stereocenters. The smallest absolute Gasteiger partial charge is 0.394 e. The molecular formula is C41H70O18S. The number of rotatable bonds is 16. The van der Waals surface area contributed by atoms with Gasteiger partial charge in [-0.3, -0.25) is 4.55 Å². The van der Waals surface area contributed by atoms with Crippen molar-refractivity contribution in [2.45, 2.75) is 171 Å². The third-order valence-electron chi connectivity index (χ3n) is 15.6. The topological polar surface area (TPSA) is 292 Å². The van der Waals surface area contributed by atoms with Crippen molar-refractivity contribution in [3.8, 4) is 0 Å². The van der Waals surface area contributed by atoms with Crippen LogP contribution in [-0.2, 0) is 38.3 Å². The van der Waals surface area contributed by atoms with Gasteiger partial charge in [0.2, 0.25) is 0 Å². The summed E-state index contributed by atoms with van der Waals surface area (Å²) in [5.74, 6) is -1.97. The van der Waals surface area contributed by atoms with Crippen molar-refractivity contribution in [2.75, 3.05) is 26.9 Å². The lowest BCUT2D eigenvalue weighted by atomic mass is 9.43. The highest BCUT2D eigenvalue weighted by Crippen LogP contribution is 2.70. The highest BCUT2D eigenvalue weighted by Gasteiger charge is 2.73. The van der Waals surface area contributed by atoms with Crippen LogP contribution in [0.5, 0.6) is 0 Å². The zero-order valence-corrected chi connectivity index (χ0v) is 36.3. The fourth-order valence-corrected chi connectivity index (χ4v) is 13.2. The fraction of sp³-hybridized carbons (Fsp3) is 0.951. The van der Waals surface area contributed by atoms with Crippen LogP contribution >= 0.6 is 0 Å². The van der Waals surface area contributed by atoms with Crippen LogP contribution in [0.15, 0.2) is 11.6 Å². The summed E-state index contributed by atoms with van der Waals surface area (Å²) < 4.78 is 68.8. The average molecular weight is 883 g/mol. The molecule has 0 radical (unpaired) electrons. The lowest BCUT2D eigenvalue weighted by Gasteiger charge is -2.64. The van der Waals surface area contributed by atoms with E-state index >= 15 is 0 Å². The van der Waals surface area contributed by atoms with E-state index in [9.17, 15) is 58.9 Å². The van der Waals surface area contributed by atoms with E-state index in [2.05, 4.69) is 13.8 Å². The third-order valence-corrected chi connectivity index (χ3v) is 16.1. The molecule has 10 N–H and O–H groups in total. The van der Waals surface area contributed by atoms with Gasteiger partial charge in [-0.1, -0.05) is 47.1 Å². The summed E-state index contributed by atoms with van der Waals surface area (Å²) in [5, 5.41) is 97.5. The summed E-state index contributed by atoms with van der Waals surface area (Å²) in [4.78, 5) is 0. The van der Waals surface area contributed by atoms with E-state index in [1.807, 2.05) is 26.8 Å². The zero-order valence-electron chi connectivity index (χ0n) is 35.5. The Labute approximate surface area is 352 Å². The van der Waals surface area contributed by atoms with E-state index in [1.165, 1.54) is 7.11 Å². The first-order chi connectivity index (χ1) is 28.0. The molecule has 19 heteroatoms. The molecule has 2 heterocycles. The summed E-state index contributed by atoms with van der Waals surface area (Å²) in [6.45, 7) is 9.39. The highest BCUT2D eigenvalue weighted by atomic mass is 32.3. The van der Waals surface area contributed by atoms with Crippen molar-refractivity contribution in [1.82, 2.24) is 0 Å². The van der Waals surface area contributed by atoms with Crippen LogP contribution in [0, 0.1) is 46.3 Å². The van der Waals surface area contributed by atoms with Crippen LogP contribution in [0.3, 0.4) is 0 Å². The number of hydrogen-bond acceptors (Lipinski definition) is 17. The maximum Gasteiger partial charge on any atom is 0.397 e.